The van der Waals surface area contributed by atoms with Gasteiger partial charge in [0.15, 0.2) is 6.80 Å². The van der Waals surface area contributed by atoms with E-state index in [1.54, 1.807) is 49.3 Å². The molecule has 0 unspecified atom stereocenters. The highest BCUT2D eigenvalue weighted by molar-refractivity contribution is 5.88. The smallest absolute Gasteiger partial charge is 0.159 e. The van der Waals surface area contributed by atoms with Gasteiger partial charge in [-0.05, 0) is 149 Å². The van der Waals surface area contributed by atoms with E-state index in [0.717, 1.165) is 34.2 Å². The normalized spacial score (nSPS) is 14.1. The molecule has 0 radical (unpaired) electrons. The zero-order chi connectivity index (χ0) is 49.0. The van der Waals surface area contributed by atoms with Crippen molar-refractivity contribution in [3.8, 4) is 11.1 Å². The number of nitrogens with one attached hydrogen (secondary N) is 4. The first-order chi connectivity index (χ1) is 33.2. The lowest BCUT2D eigenvalue weighted by Crippen LogP contribution is -2.29. The highest BCUT2D eigenvalue weighted by Crippen LogP contribution is 2.37. The molecule has 1 aliphatic carbocycles. The fraction of sp³-hybridized carbons (Fsp3) is 0.364. The summed E-state index contributed by atoms with van der Waals surface area (Å²) in [5, 5.41) is 13.6. The molecule has 1 saturated heterocycles. The number of aryl methyl sites for hydroxylation is 4. The molecular weight excluding hydrogens is 858 g/mol. The van der Waals surface area contributed by atoms with E-state index in [-0.39, 0.29) is 12.4 Å². The zero-order valence-corrected chi connectivity index (χ0v) is 41.3. The minimum atomic E-state index is -0.774. The fourth-order valence-electron chi connectivity index (χ4n) is 8.46. The van der Waals surface area contributed by atoms with E-state index < -0.39 is 12.6 Å². The number of rotatable bonds is 7. The molecule has 4 N–H and O–H groups in total. The van der Waals surface area contributed by atoms with E-state index >= 15 is 0 Å². The van der Waals surface area contributed by atoms with Crippen LogP contribution in [0, 0.1) is 25.6 Å². The van der Waals surface area contributed by atoms with Crippen molar-refractivity contribution in [1.82, 2.24) is 40.1 Å². The molecule has 0 saturated carbocycles. The van der Waals surface area contributed by atoms with Gasteiger partial charge in [-0.15, -0.1) is 0 Å². The van der Waals surface area contributed by atoms with E-state index in [1.807, 2.05) is 97.3 Å². The van der Waals surface area contributed by atoms with Crippen molar-refractivity contribution in [2.75, 3.05) is 43.6 Å². The van der Waals surface area contributed by atoms with Crippen LogP contribution in [0.5, 0.6) is 0 Å². The van der Waals surface area contributed by atoms with Gasteiger partial charge < -0.3 is 25.8 Å². The van der Waals surface area contributed by atoms with E-state index in [0.29, 0.717) is 46.6 Å². The molecule has 0 bridgehead atoms. The molecule has 2 aliphatic heterocycles. The lowest BCUT2D eigenvalue weighted by Gasteiger charge is -2.27. The van der Waals surface area contributed by atoms with Crippen LogP contribution in [0.3, 0.4) is 0 Å². The van der Waals surface area contributed by atoms with Gasteiger partial charge >= 0.3 is 0 Å². The number of halogens is 3. The maximum atomic E-state index is 14.1. The summed E-state index contributed by atoms with van der Waals surface area (Å²) in [6.45, 7) is 18.0. The summed E-state index contributed by atoms with van der Waals surface area (Å²) < 4.78 is 43.1. The first-order valence-corrected chi connectivity index (χ1v) is 24.1. The number of benzene rings is 1. The molecule has 0 atom stereocenters. The molecule has 0 spiro atoms. The number of hydrogen-bond acceptors (Lipinski definition) is 9. The molecule has 3 aliphatic rings. The van der Waals surface area contributed by atoms with Crippen LogP contribution in [0.1, 0.15) is 95.4 Å². The van der Waals surface area contributed by atoms with Gasteiger partial charge in [0.05, 0.1) is 22.2 Å². The Morgan fingerprint density at radius 1 is 0.750 bits per heavy atom. The van der Waals surface area contributed by atoms with Crippen molar-refractivity contribution in [2.24, 2.45) is 13.0 Å². The van der Waals surface area contributed by atoms with E-state index in [4.69, 9.17) is 0 Å². The molecule has 13 heteroatoms. The number of alkyl halides is 1. The summed E-state index contributed by atoms with van der Waals surface area (Å²) in [5.41, 5.74) is 12.9. The van der Waals surface area contributed by atoms with Gasteiger partial charge in [-0.2, -0.15) is 0 Å². The summed E-state index contributed by atoms with van der Waals surface area (Å²) in [5.74, 6) is 0.962. The summed E-state index contributed by atoms with van der Waals surface area (Å²) in [4.78, 5) is 21.2. The third-order valence-electron chi connectivity index (χ3n) is 11.7. The second kappa shape index (κ2) is 26.8. The molecule has 10 nitrogen and oxygen atoms in total. The Hall–Kier alpha value is -6.44. The van der Waals surface area contributed by atoms with Crippen LogP contribution < -0.4 is 21.3 Å². The second-order valence-electron chi connectivity index (χ2n) is 15.8. The molecule has 6 aromatic heterocycles. The topological polar surface area (TPSA) is 118 Å². The Morgan fingerprint density at radius 2 is 1.54 bits per heavy atom. The van der Waals surface area contributed by atoms with Gasteiger partial charge in [0.1, 0.15) is 17.5 Å². The number of hydrogen-bond donors (Lipinski definition) is 4. The Labute approximate surface area is 401 Å². The number of fused-ring (bicyclic) bond motifs is 4. The number of anilines is 3. The molecule has 8 heterocycles. The van der Waals surface area contributed by atoms with Gasteiger partial charge in [-0.25, -0.2) is 18.2 Å². The molecular formula is C55H69F3N10. The predicted octanol–water partition coefficient (Wildman–Crippen LogP) is 13.3. The van der Waals surface area contributed by atoms with Crippen molar-refractivity contribution in [3.63, 3.8) is 0 Å². The third-order valence-corrected chi connectivity index (χ3v) is 11.7. The van der Waals surface area contributed by atoms with E-state index in [1.165, 1.54) is 67.0 Å². The Morgan fingerprint density at radius 3 is 2.28 bits per heavy atom. The molecule has 68 heavy (non-hydrogen) atoms. The maximum Gasteiger partial charge on any atom is 0.159 e. The van der Waals surface area contributed by atoms with Crippen LogP contribution in [0.4, 0.5) is 30.4 Å². The molecule has 10 rings (SSSR count). The largest absolute Gasteiger partial charge is 0.358 e. The average molecular weight is 927 g/mol. The Bertz CT molecular complexity index is 2760. The Balaban J connectivity index is 0.000000182. The average Bonchev–Trinajstić information content (AvgIpc) is 3.68. The van der Waals surface area contributed by atoms with Crippen LogP contribution >= 0.6 is 0 Å². The van der Waals surface area contributed by atoms with Gasteiger partial charge in [-0.1, -0.05) is 59.2 Å². The second-order valence-corrected chi connectivity index (χ2v) is 15.8. The van der Waals surface area contributed by atoms with Crippen molar-refractivity contribution >= 4 is 50.8 Å². The predicted molar refractivity (Wildman–Crippen MR) is 278 cm³/mol. The van der Waals surface area contributed by atoms with Gasteiger partial charge in [0.25, 0.3) is 0 Å². The molecule has 7 aromatic rings. The minimum Gasteiger partial charge on any atom is -0.358 e. The first-order valence-electron chi connectivity index (χ1n) is 24.1. The van der Waals surface area contributed by atoms with Crippen LogP contribution in [-0.2, 0) is 13.5 Å². The number of piperidine rings is 1. The van der Waals surface area contributed by atoms with E-state index in [9.17, 15) is 13.2 Å². The molecule has 1 aromatic carbocycles. The highest BCUT2D eigenvalue weighted by atomic mass is 19.1. The quantitative estimate of drug-likeness (QED) is 0.116. The summed E-state index contributed by atoms with van der Waals surface area (Å²) in [6.07, 6.45) is 17.0. The Kier molecular flexibility index (Phi) is 20.7. The van der Waals surface area contributed by atoms with Gasteiger partial charge in [0, 0.05) is 83.9 Å². The van der Waals surface area contributed by atoms with Crippen molar-refractivity contribution in [3.05, 3.63) is 143 Å². The van der Waals surface area contributed by atoms with Crippen LogP contribution in [0.15, 0.2) is 109 Å². The maximum absolute atomic E-state index is 14.1. The standard InChI is InChI=1S/C18H18F3N3.C17H21N3.C14H12N4.3C2H6/c1-11-16(20)6-13(8-23-11)12-2-3-15(18(7-12)24-10-19)14-4-5-22-9-17(14)21;1-20-16-6-9-19-11-15(16)14-3-2-13(10-17(14)20)12-4-7-18-8-5-12;1-10-9-11(6-8-15-10)17-14-5-4-12-13(18-14)3-2-7-16-12;3*1-2/h2-3,6-8,22,24H,4-5,9-10H2,1H3;6,9-12,18H,2-5,7-8H2,1H3;2-9H,1H3,(H,15,17,18);3*1-2H3. The number of aromatic nitrogens is 6. The van der Waals surface area contributed by atoms with Crippen molar-refractivity contribution in [1.29, 1.82) is 0 Å². The van der Waals surface area contributed by atoms with Gasteiger partial charge in [-0.3, -0.25) is 19.9 Å². The van der Waals surface area contributed by atoms with E-state index in [2.05, 4.69) is 69.9 Å². The number of pyridine rings is 5. The first kappa shape index (κ1) is 52.5. The molecule has 0 amide bonds. The lowest BCUT2D eigenvalue weighted by molar-refractivity contribution is 0.412. The fourth-order valence-corrected chi connectivity index (χ4v) is 8.46. The molecule has 360 valence electrons. The monoisotopic (exact) mass is 927 g/mol. The third kappa shape index (κ3) is 13.4. The summed E-state index contributed by atoms with van der Waals surface area (Å²) in [6, 6.07) is 20.3. The number of nitrogens with zero attached hydrogens (tertiary/aromatic N) is 6. The lowest BCUT2D eigenvalue weighted by atomic mass is 9.83. The summed E-state index contributed by atoms with van der Waals surface area (Å²) >= 11 is 0. The number of allylic oxidation sites excluding steroid dienone is 1. The van der Waals surface area contributed by atoms with Crippen molar-refractivity contribution in [2.45, 2.75) is 87.5 Å². The zero-order valence-electron chi connectivity index (χ0n) is 41.3. The minimum absolute atomic E-state index is 0.180. The van der Waals surface area contributed by atoms with Gasteiger partial charge in [0.2, 0.25) is 0 Å². The molecule has 1 fully saturated rings. The van der Waals surface area contributed by atoms with Crippen LogP contribution in [-0.4, -0.2) is 62.5 Å². The van der Waals surface area contributed by atoms with Crippen LogP contribution in [0.25, 0.3) is 44.7 Å². The SMILES string of the molecule is CC.CC.CC.Cc1cc(Nc2ccc3ncccc3n2)ccn1.Cc1ncc(-c2ccc(C3=C(F)CNCC3)c(NCF)c2)cc1F.Cn1c2c(c3cnccc31)CCC(C1CCNCC1)=C2. The van der Waals surface area contributed by atoms with Crippen molar-refractivity contribution < 1.29 is 13.2 Å². The van der Waals surface area contributed by atoms with Crippen LogP contribution in [0.2, 0.25) is 0 Å². The highest BCUT2D eigenvalue weighted by Gasteiger charge is 2.24. The summed E-state index contributed by atoms with van der Waals surface area (Å²) in [7, 11) is 2.18.